The molecule has 7 heteroatoms. The summed E-state index contributed by atoms with van der Waals surface area (Å²) in [6.07, 6.45) is 1.16. The van der Waals surface area contributed by atoms with Gasteiger partial charge < -0.3 is 14.7 Å². The monoisotopic (exact) mass is 377 g/mol. The average Bonchev–Trinajstić information content (AvgIpc) is 3.06. The zero-order valence-corrected chi connectivity index (χ0v) is 15.9. The van der Waals surface area contributed by atoms with Gasteiger partial charge in [-0.05, 0) is 36.5 Å². The fourth-order valence-corrected chi connectivity index (χ4v) is 3.76. The number of likely N-dealkylation sites (tertiary alicyclic amines) is 1. The average molecular weight is 377 g/mol. The van der Waals surface area contributed by atoms with Gasteiger partial charge in [-0.1, -0.05) is 31.1 Å². The van der Waals surface area contributed by atoms with E-state index in [1.165, 1.54) is 12.1 Å². The molecule has 0 aliphatic carbocycles. The van der Waals surface area contributed by atoms with Crippen LogP contribution in [0.1, 0.15) is 37.5 Å². The SMILES string of the molecule is CC(C)Cc1nc(CN2CC[C@H](O)[C@@](CO)(Cc3ccc(F)cc3)C2)no1. The minimum absolute atomic E-state index is 0.146. The first-order valence-corrected chi connectivity index (χ1v) is 9.47. The molecule has 2 heterocycles. The van der Waals surface area contributed by atoms with Crippen LogP contribution >= 0.6 is 0 Å². The third-order valence-electron chi connectivity index (χ3n) is 5.21. The molecule has 0 radical (unpaired) electrons. The smallest absolute Gasteiger partial charge is 0.226 e. The van der Waals surface area contributed by atoms with E-state index in [-0.39, 0.29) is 12.4 Å². The molecule has 0 unspecified atom stereocenters. The summed E-state index contributed by atoms with van der Waals surface area (Å²) in [5, 5.41) is 24.8. The number of aliphatic hydroxyl groups excluding tert-OH is 2. The van der Waals surface area contributed by atoms with Gasteiger partial charge in [-0.2, -0.15) is 4.98 Å². The molecule has 1 aliphatic heterocycles. The number of rotatable bonds is 7. The molecule has 1 fully saturated rings. The second-order valence-electron chi connectivity index (χ2n) is 8.04. The van der Waals surface area contributed by atoms with E-state index >= 15 is 0 Å². The first kappa shape index (κ1) is 19.9. The van der Waals surface area contributed by atoms with E-state index in [1.807, 2.05) is 0 Å². The van der Waals surface area contributed by atoms with Crippen LogP contribution in [0.4, 0.5) is 4.39 Å². The van der Waals surface area contributed by atoms with Gasteiger partial charge >= 0.3 is 0 Å². The van der Waals surface area contributed by atoms with Gasteiger partial charge in [0.25, 0.3) is 0 Å². The van der Waals surface area contributed by atoms with E-state index in [2.05, 4.69) is 28.9 Å². The lowest BCUT2D eigenvalue weighted by Crippen LogP contribution is -2.54. The molecule has 0 amide bonds. The second-order valence-corrected chi connectivity index (χ2v) is 8.04. The lowest BCUT2D eigenvalue weighted by Gasteiger charge is -2.45. The van der Waals surface area contributed by atoms with E-state index < -0.39 is 11.5 Å². The maximum absolute atomic E-state index is 13.2. The van der Waals surface area contributed by atoms with E-state index in [9.17, 15) is 14.6 Å². The van der Waals surface area contributed by atoms with Crippen LogP contribution in [0, 0.1) is 17.2 Å². The quantitative estimate of drug-likeness (QED) is 0.770. The Labute approximate surface area is 159 Å². The summed E-state index contributed by atoms with van der Waals surface area (Å²) in [6, 6.07) is 6.22. The molecule has 0 saturated carbocycles. The van der Waals surface area contributed by atoms with Crippen molar-refractivity contribution in [3.8, 4) is 0 Å². The number of hydrogen-bond acceptors (Lipinski definition) is 6. The summed E-state index contributed by atoms with van der Waals surface area (Å²) in [6.45, 7) is 5.77. The minimum Gasteiger partial charge on any atom is -0.396 e. The van der Waals surface area contributed by atoms with E-state index in [1.54, 1.807) is 12.1 Å². The maximum Gasteiger partial charge on any atom is 0.226 e. The summed E-state index contributed by atoms with van der Waals surface area (Å²) >= 11 is 0. The molecule has 2 N–H and O–H groups in total. The number of piperidine rings is 1. The topological polar surface area (TPSA) is 82.6 Å². The summed E-state index contributed by atoms with van der Waals surface area (Å²) in [5.74, 6) is 1.41. The van der Waals surface area contributed by atoms with Crippen LogP contribution in [0.5, 0.6) is 0 Å². The number of aliphatic hydroxyl groups is 2. The maximum atomic E-state index is 13.2. The van der Waals surface area contributed by atoms with Crippen LogP contribution in [0.3, 0.4) is 0 Å². The van der Waals surface area contributed by atoms with Gasteiger partial charge in [0.15, 0.2) is 5.82 Å². The van der Waals surface area contributed by atoms with Crippen LogP contribution in [-0.2, 0) is 19.4 Å². The van der Waals surface area contributed by atoms with Crippen molar-refractivity contribution in [3.05, 3.63) is 47.4 Å². The second kappa shape index (κ2) is 8.46. The Hall–Kier alpha value is -1.83. The fraction of sp³-hybridized carbons (Fsp3) is 0.600. The van der Waals surface area contributed by atoms with Crippen molar-refractivity contribution in [1.82, 2.24) is 15.0 Å². The highest BCUT2D eigenvalue weighted by molar-refractivity contribution is 5.19. The zero-order valence-electron chi connectivity index (χ0n) is 15.9. The first-order chi connectivity index (χ1) is 12.9. The van der Waals surface area contributed by atoms with Crippen molar-refractivity contribution in [2.24, 2.45) is 11.3 Å². The normalized spacial score (nSPS) is 23.9. The van der Waals surface area contributed by atoms with Crippen molar-refractivity contribution < 1.29 is 19.1 Å². The number of nitrogens with zero attached hydrogens (tertiary/aromatic N) is 3. The summed E-state index contributed by atoms with van der Waals surface area (Å²) < 4.78 is 18.5. The molecule has 1 aromatic heterocycles. The van der Waals surface area contributed by atoms with Crippen LogP contribution in [0.15, 0.2) is 28.8 Å². The van der Waals surface area contributed by atoms with Gasteiger partial charge in [0.05, 0.1) is 19.3 Å². The van der Waals surface area contributed by atoms with Crippen molar-refractivity contribution in [1.29, 1.82) is 0 Å². The number of benzene rings is 1. The number of aromatic nitrogens is 2. The Balaban J connectivity index is 1.69. The van der Waals surface area contributed by atoms with Gasteiger partial charge in [-0.25, -0.2) is 4.39 Å². The molecule has 27 heavy (non-hydrogen) atoms. The van der Waals surface area contributed by atoms with Gasteiger partial charge in [-0.3, -0.25) is 4.90 Å². The number of halogens is 1. The van der Waals surface area contributed by atoms with E-state index in [0.717, 1.165) is 12.0 Å². The minimum atomic E-state index is -0.694. The molecular formula is C20H28FN3O3. The Bertz CT molecular complexity index is 734. The fourth-order valence-electron chi connectivity index (χ4n) is 3.76. The first-order valence-electron chi connectivity index (χ1n) is 9.47. The molecule has 3 rings (SSSR count). The molecule has 2 atom stereocenters. The van der Waals surface area contributed by atoms with Gasteiger partial charge in [0.2, 0.25) is 5.89 Å². The predicted molar refractivity (Wildman–Crippen MR) is 98.4 cm³/mol. The lowest BCUT2D eigenvalue weighted by molar-refractivity contribution is -0.0774. The highest BCUT2D eigenvalue weighted by Gasteiger charge is 2.42. The molecule has 0 spiro atoms. The largest absolute Gasteiger partial charge is 0.396 e. The van der Waals surface area contributed by atoms with Crippen molar-refractivity contribution in [2.75, 3.05) is 19.7 Å². The Kier molecular flexibility index (Phi) is 6.24. The summed E-state index contributed by atoms with van der Waals surface area (Å²) in [5.41, 5.74) is 0.200. The third-order valence-corrected chi connectivity index (χ3v) is 5.21. The zero-order chi connectivity index (χ0) is 19.4. The molecule has 0 bridgehead atoms. The highest BCUT2D eigenvalue weighted by Crippen LogP contribution is 2.34. The standard InChI is InChI=1S/C20H28FN3O3/c1-14(2)9-19-22-18(23-27-19)11-24-8-7-17(26)20(12-24,13-25)10-15-3-5-16(21)6-4-15/h3-6,14,17,25-26H,7-13H2,1-2H3/t17-,20-/m0/s1. The molecule has 1 saturated heterocycles. The van der Waals surface area contributed by atoms with Crippen LogP contribution in [0.2, 0.25) is 0 Å². The third kappa shape index (κ3) is 4.91. The van der Waals surface area contributed by atoms with Crippen LogP contribution in [0.25, 0.3) is 0 Å². The highest BCUT2D eigenvalue weighted by atomic mass is 19.1. The van der Waals surface area contributed by atoms with Gasteiger partial charge in [0, 0.05) is 24.9 Å². The van der Waals surface area contributed by atoms with Crippen molar-refractivity contribution in [3.63, 3.8) is 0 Å². The predicted octanol–water partition coefficient (Wildman–Crippen LogP) is 2.20. The lowest BCUT2D eigenvalue weighted by atomic mass is 9.73. The molecule has 6 nitrogen and oxygen atoms in total. The van der Waals surface area contributed by atoms with Gasteiger partial charge in [-0.15, -0.1) is 0 Å². The summed E-state index contributed by atoms with van der Waals surface area (Å²) in [7, 11) is 0. The molecule has 148 valence electrons. The Morgan fingerprint density at radius 2 is 2.07 bits per heavy atom. The molecule has 2 aromatic rings. The number of hydrogen-bond donors (Lipinski definition) is 2. The summed E-state index contributed by atoms with van der Waals surface area (Å²) in [4.78, 5) is 6.58. The molecule has 1 aliphatic rings. The van der Waals surface area contributed by atoms with E-state index in [0.29, 0.717) is 50.1 Å². The van der Waals surface area contributed by atoms with E-state index in [4.69, 9.17) is 4.52 Å². The van der Waals surface area contributed by atoms with Gasteiger partial charge in [0.1, 0.15) is 5.82 Å². The molecule has 1 aromatic carbocycles. The van der Waals surface area contributed by atoms with Crippen molar-refractivity contribution >= 4 is 0 Å². The Morgan fingerprint density at radius 3 is 2.74 bits per heavy atom. The Morgan fingerprint density at radius 1 is 1.33 bits per heavy atom. The van der Waals surface area contributed by atoms with Crippen LogP contribution < -0.4 is 0 Å². The van der Waals surface area contributed by atoms with Crippen molar-refractivity contribution in [2.45, 2.75) is 45.8 Å². The van der Waals surface area contributed by atoms with Crippen LogP contribution in [-0.4, -0.2) is 51.1 Å². The molecular weight excluding hydrogens is 349 g/mol.